The minimum absolute atomic E-state index is 0.373. The third-order valence-corrected chi connectivity index (χ3v) is 3.74. The Morgan fingerprint density at radius 2 is 2.26 bits per heavy atom. The summed E-state index contributed by atoms with van der Waals surface area (Å²) in [6.45, 7) is 3.17. The van der Waals surface area contributed by atoms with Crippen molar-refractivity contribution < 1.29 is 4.74 Å². The van der Waals surface area contributed by atoms with Crippen molar-refractivity contribution in [2.75, 3.05) is 33.8 Å². The molecule has 1 aliphatic rings. The number of methoxy groups -OCH3 is 1. The van der Waals surface area contributed by atoms with Gasteiger partial charge in [-0.25, -0.2) is 0 Å². The van der Waals surface area contributed by atoms with Crippen LogP contribution in [0.25, 0.3) is 10.9 Å². The van der Waals surface area contributed by atoms with E-state index in [0.29, 0.717) is 6.04 Å². The highest BCUT2D eigenvalue weighted by Gasteiger charge is 2.20. The molecule has 19 heavy (non-hydrogen) atoms. The lowest BCUT2D eigenvalue weighted by molar-refractivity contribution is 0.241. The summed E-state index contributed by atoms with van der Waals surface area (Å²) in [5.41, 5.74) is 2.31. The van der Waals surface area contributed by atoms with Gasteiger partial charge < -0.3 is 15.0 Å². The minimum Gasteiger partial charge on any atom is -0.497 e. The standard InChI is InChI=1S/C15H19N3O/c1-18-8-7-17-15(10-18)13-5-6-16-14-9-11(19-2)3-4-12(13)14/h3-6,9,15,17H,7-8,10H2,1-2H3. The number of rotatable bonds is 2. The number of ether oxygens (including phenoxy) is 1. The number of nitrogens with zero attached hydrogens (tertiary/aromatic N) is 2. The van der Waals surface area contributed by atoms with Crippen molar-refractivity contribution in [2.45, 2.75) is 6.04 Å². The zero-order chi connectivity index (χ0) is 13.2. The van der Waals surface area contributed by atoms with Crippen LogP contribution in [0.5, 0.6) is 5.75 Å². The second-order valence-corrected chi connectivity index (χ2v) is 5.05. The fourth-order valence-electron chi connectivity index (χ4n) is 2.69. The molecule has 0 saturated carbocycles. The van der Waals surface area contributed by atoms with Gasteiger partial charge in [0.1, 0.15) is 5.75 Å². The molecule has 1 unspecified atom stereocenters. The van der Waals surface area contributed by atoms with Gasteiger partial charge in [-0.3, -0.25) is 4.98 Å². The first-order chi connectivity index (χ1) is 9.28. The van der Waals surface area contributed by atoms with Gasteiger partial charge in [-0.1, -0.05) is 0 Å². The summed E-state index contributed by atoms with van der Waals surface area (Å²) in [4.78, 5) is 6.80. The number of likely N-dealkylation sites (N-methyl/N-ethyl adjacent to an activating group) is 1. The number of aromatic nitrogens is 1. The third kappa shape index (κ3) is 2.41. The van der Waals surface area contributed by atoms with Gasteiger partial charge in [0, 0.05) is 43.3 Å². The highest BCUT2D eigenvalue weighted by Crippen LogP contribution is 2.27. The number of hydrogen-bond donors (Lipinski definition) is 1. The van der Waals surface area contributed by atoms with Crippen LogP contribution in [0.15, 0.2) is 30.5 Å². The van der Waals surface area contributed by atoms with Crippen molar-refractivity contribution in [3.63, 3.8) is 0 Å². The molecule has 1 fully saturated rings. The zero-order valence-corrected chi connectivity index (χ0v) is 11.4. The van der Waals surface area contributed by atoms with Gasteiger partial charge >= 0.3 is 0 Å². The van der Waals surface area contributed by atoms with E-state index >= 15 is 0 Å². The summed E-state index contributed by atoms with van der Waals surface area (Å²) in [6.07, 6.45) is 1.88. The van der Waals surface area contributed by atoms with Gasteiger partial charge in [0.05, 0.1) is 12.6 Å². The average molecular weight is 257 g/mol. The van der Waals surface area contributed by atoms with Gasteiger partial charge in [-0.2, -0.15) is 0 Å². The highest BCUT2D eigenvalue weighted by atomic mass is 16.5. The molecule has 0 spiro atoms. The Morgan fingerprint density at radius 1 is 1.37 bits per heavy atom. The van der Waals surface area contributed by atoms with Crippen molar-refractivity contribution >= 4 is 10.9 Å². The Bertz CT molecular complexity index is 585. The lowest BCUT2D eigenvalue weighted by Crippen LogP contribution is -2.43. The number of hydrogen-bond acceptors (Lipinski definition) is 4. The maximum absolute atomic E-state index is 5.26. The Hall–Kier alpha value is -1.65. The maximum atomic E-state index is 5.26. The summed E-state index contributed by atoms with van der Waals surface area (Å²) < 4.78 is 5.26. The first kappa shape index (κ1) is 12.4. The molecule has 100 valence electrons. The van der Waals surface area contributed by atoms with Gasteiger partial charge in [-0.15, -0.1) is 0 Å². The molecule has 1 aliphatic heterocycles. The van der Waals surface area contributed by atoms with Crippen LogP contribution >= 0.6 is 0 Å². The lowest BCUT2D eigenvalue weighted by atomic mass is 10.0. The molecular weight excluding hydrogens is 238 g/mol. The van der Waals surface area contributed by atoms with Crippen LogP contribution in [0.2, 0.25) is 0 Å². The molecule has 1 aromatic heterocycles. The molecule has 0 bridgehead atoms. The summed E-state index contributed by atoms with van der Waals surface area (Å²) in [6, 6.07) is 8.58. The smallest absolute Gasteiger partial charge is 0.121 e. The van der Waals surface area contributed by atoms with Crippen molar-refractivity contribution in [1.29, 1.82) is 0 Å². The first-order valence-corrected chi connectivity index (χ1v) is 6.62. The Balaban J connectivity index is 2.03. The molecule has 4 heteroatoms. The van der Waals surface area contributed by atoms with Crippen molar-refractivity contribution in [3.8, 4) is 5.75 Å². The molecule has 1 saturated heterocycles. The Morgan fingerprint density at radius 3 is 3.05 bits per heavy atom. The Kier molecular flexibility index (Phi) is 3.36. The van der Waals surface area contributed by atoms with E-state index in [0.717, 1.165) is 30.9 Å². The molecule has 2 aromatic rings. The summed E-state index contributed by atoms with van der Waals surface area (Å²) >= 11 is 0. The van der Waals surface area contributed by atoms with Crippen LogP contribution in [0.3, 0.4) is 0 Å². The quantitative estimate of drug-likeness (QED) is 0.890. The predicted octanol–water partition coefficient (Wildman–Crippen LogP) is 1.82. The maximum Gasteiger partial charge on any atom is 0.121 e. The molecule has 0 aliphatic carbocycles. The second kappa shape index (κ2) is 5.15. The molecule has 1 atom stereocenters. The van der Waals surface area contributed by atoms with E-state index in [1.807, 2.05) is 18.3 Å². The average Bonchev–Trinajstić information content (AvgIpc) is 2.46. The third-order valence-electron chi connectivity index (χ3n) is 3.74. The number of piperazine rings is 1. The number of fused-ring (bicyclic) bond motifs is 1. The van der Waals surface area contributed by atoms with E-state index in [2.05, 4.69) is 34.4 Å². The van der Waals surface area contributed by atoms with E-state index in [4.69, 9.17) is 4.74 Å². The topological polar surface area (TPSA) is 37.4 Å². The summed E-state index contributed by atoms with van der Waals surface area (Å²) in [5.74, 6) is 0.853. The fraction of sp³-hybridized carbons (Fsp3) is 0.400. The summed E-state index contributed by atoms with van der Waals surface area (Å²) in [7, 11) is 3.85. The second-order valence-electron chi connectivity index (χ2n) is 5.05. The van der Waals surface area contributed by atoms with Gasteiger partial charge in [0.2, 0.25) is 0 Å². The molecule has 1 N–H and O–H groups in total. The van der Waals surface area contributed by atoms with Crippen molar-refractivity contribution in [3.05, 3.63) is 36.0 Å². The van der Waals surface area contributed by atoms with E-state index in [1.54, 1.807) is 7.11 Å². The number of nitrogens with one attached hydrogen (secondary N) is 1. The fourth-order valence-corrected chi connectivity index (χ4v) is 2.69. The van der Waals surface area contributed by atoms with Crippen LogP contribution in [0, 0.1) is 0 Å². The predicted molar refractivity (Wildman–Crippen MR) is 76.5 cm³/mol. The summed E-state index contributed by atoms with van der Waals surface area (Å²) in [5, 5.41) is 4.79. The zero-order valence-electron chi connectivity index (χ0n) is 11.4. The van der Waals surface area contributed by atoms with E-state index in [1.165, 1.54) is 10.9 Å². The lowest BCUT2D eigenvalue weighted by Gasteiger charge is -2.31. The molecule has 2 heterocycles. The van der Waals surface area contributed by atoms with Gasteiger partial charge in [0.15, 0.2) is 0 Å². The van der Waals surface area contributed by atoms with E-state index in [-0.39, 0.29) is 0 Å². The number of pyridine rings is 1. The minimum atomic E-state index is 0.373. The molecule has 0 amide bonds. The van der Waals surface area contributed by atoms with Gasteiger partial charge in [0.25, 0.3) is 0 Å². The largest absolute Gasteiger partial charge is 0.497 e. The molecular formula is C15H19N3O. The van der Waals surface area contributed by atoms with Crippen molar-refractivity contribution in [2.24, 2.45) is 0 Å². The van der Waals surface area contributed by atoms with E-state index in [9.17, 15) is 0 Å². The normalized spacial score (nSPS) is 20.6. The highest BCUT2D eigenvalue weighted by molar-refractivity contribution is 5.83. The van der Waals surface area contributed by atoms with Crippen LogP contribution in [0.4, 0.5) is 0 Å². The van der Waals surface area contributed by atoms with Crippen molar-refractivity contribution in [1.82, 2.24) is 15.2 Å². The SMILES string of the molecule is COc1ccc2c(C3CN(C)CCN3)ccnc2c1. The molecule has 4 nitrogen and oxygen atoms in total. The van der Waals surface area contributed by atoms with Crippen LogP contribution in [-0.2, 0) is 0 Å². The van der Waals surface area contributed by atoms with Gasteiger partial charge in [-0.05, 0) is 30.8 Å². The monoisotopic (exact) mass is 257 g/mol. The number of benzene rings is 1. The molecule has 1 aromatic carbocycles. The molecule has 3 rings (SSSR count). The van der Waals surface area contributed by atoms with Crippen LogP contribution in [-0.4, -0.2) is 43.7 Å². The Labute approximate surface area is 113 Å². The van der Waals surface area contributed by atoms with Crippen LogP contribution < -0.4 is 10.1 Å². The van der Waals surface area contributed by atoms with E-state index < -0.39 is 0 Å². The molecule has 0 radical (unpaired) electrons. The first-order valence-electron chi connectivity index (χ1n) is 6.62. The van der Waals surface area contributed by atoms with Crippen LogP contribution in [0.1, 0.15) is 11.6 Å².